The van der Waals surface area contributed by atoms with Gasteiger partial charge in [0.05, 0.1) is 24.5 Å². The van der Waals surface area contributed by atoms with Gasteiger partial charge < -0.3 is 19.7 Å². The van der Waals surface area contributed by atoms with Crippen LogP contribution < -0.4 is 10.2 Å². The van der Waals surface area contributed by atoms with Crippen LogP contribution in [0.1, 0.15) is 57.8 Å². The number of carbonyl (C=O) groups excluding carboxylic acids is 2. The molecule has 1 aliphatic rings. The average Bonchev–Trinajstić information content (AvgIpc) is 3.49. The molecule has 11 nitrogen and oxygen atoms in total. The number of nitrogens with zero attached hydrogens (tertiary/aromatic N) is 6. The molecule has 1 unspecified atom stereocenters. The summed E-state index contributed by atoms with van der Waals surface area (Å²) < 4.78 is 12.0. The molecule has 2 aromatic heterocycles. The predicted molar refractivity (Wildman–Crippen MR) is 148 cm³/mol. The van der Waals surface area contributed by atoms with Crippen LogP contribution in [0.25, 0.3) is 5.65 Å². The van der Waals surface area contributed by atoms with Crippen LogP contribution in [0, 0.1) is 0 Å². The third-order valence-electron chi connectivity index (χ3n) is 5.78. The monoisotopic (exact) mass is 523 g/mol. The smallest absolute Gasteiger partial charge is 0.408 e. The number of hydrogen-bond acceptors (Lipinski definition) is 9. The fourth-order valence-electron chi connectivity index (χ4n) is 4.22. The summed E-state index contributed by atoms with van der Waals surface area (Å²) in [5, 5.41) is 7.02. The van der Waals surface area contributed by atoms with E-state index in [1.165, 1.54) is 6.20 Å². The Morgan fingerprint density at radius 2 is 2.13 bits per heavy atom. The highest BCUT2D eigenvalue weighted by Crippen LogP contribution is 2.30. The number of alkyl carbamates (subject to hydrolysis) is 1. The molecule has 0 spiro atoms. The molecule has 1 saturated heterocycles. The Morgan fingerprint density at radius 3 is 2.79 bits per heavy atom. The maximum absolute atomic E-state index is 12.4. The predicted octanol–water partition coefficient (Wildman–Crippen LogP) is 4.00. The molecule has 38 heavy (non-hydrogen) atoms. The SMILES string of the molecule is C=NC(/C=C/[C@@H](C)NC(=O)OC(C)(C)C)=C(\C=NC)C1CCCN1c1ccn2ncc(C(=O)OCC)c2n1. The van der Waals surface area contributed by atoms with Crippen molar-refractivity contribution in [2.45, 2.75) is 65.1 Å². The fraction of sp³-hybridized carbons (Fsp3) is 0.481. The number of amides is 1. The summed E-state index contributed by atoms with van der Waals surface area (Å²) in [6.45, 7) is 13.9. The number of allylic oxidation sites excluding steroid dienone is 1. The Morgan fingerprint density at radius 1 is 1.37 bits per heavy atom. The number of aliphatic imine (C=N–C) groups is 2. The Labute approximate surface area is 223 Å². The first-order chi connectivity index (χ1) is 18.1. The highest BCUT2D eigenvalue weighted by Gasteiger charge is 2.30. The topological polar surface area (TPSA) is 123 Å². The molecular formula is C27H37N7O4. The van der Waals surface area contributed by atoms with E-state index in [1.807, 2.05) is 45.9 Å². The molecule has 3 rings (SSSR count). The molecule has 1 amide bonds. The van der Waals surface area contributed by atoms with Gasteiger partial charge in [-0.25, -0.2) is 19.1 Å². The van der Waals surface area contributed by atoms with Crippen molar-refractivity contribution in [2.24, 2.45) is 9.98 Å². The van der Waals surface area contributed by atoms with Crippen molar-refractivity contribution in [2.75, 3.05) is 25.1 Å². The van der Waals surface area contributed by atoms with Crippen molar-refractivity contribution < 1.29 is 19.1 Å². The van der Waals surface area contributed by atoms with Crippen molar-refractivity contribution in [3.63, 3.8) is 0 Å². The lowest BCUT2D eigenvalue weighted by Gasteiger charge is -2.27. The van der Waals surface area contributed by atoms with E-state index in [9.17, 15) is 9.59 Å². The van der Waals surface area contributed by atoms with Crippen molar-refractivity contribution >= 4 is 36.5 Å². The molecule has 0 aliphatic carbocycles. The lowest BCUT2D eigenvalue weighted by atomic mass is 10.0. The van der Waals surface area contributed by atoms with Crippen LogP contribution in [0.15, 0.2) is 51.9 Å². The highest BCUT2D eigenvalue weighted by molar-refractivity contribution is 5.95. The summed E-state index contributed by atoms with van der Waals surface area (Å²) in [7, 11) is 1.71. The van der Waals surface area contributed by atoms with Gasteiger partial charge in [0, 0.05) is 37.6 Å². The number of rotatable bonds is 9. The van der Waals surface area contributed by atoms with Gasteiger partial charge in [-0.15, -0.1) is 0 Å². The zero-order valence-corrected chi connectivity index (χ0v) is 23.0. The molecular weight excluding hydrogens is 486 g/mol. The molecule has 1 fully saturated rings. The summed E-state index contributed by atoms with van der Waals surface area (Å²) in [6.07, 6.45) is 10.00. The number of nitrogens with one attached hydrogen (secondary N) is 1. The maximum Gasteiger partial charge on any atom is 0.408 e. The molecule has 1 N–H and O–H groups in total. The van der Waals surface area contributed by atoms with Gasteiger partial charge in [0.15, 0.2) is 5.65 Å². The second-order valence-corrected chi connectivity index (χ2v) is 9.86. The van der Waals surface area contributed by atoms with Gasteiger partial charge in [-0.1, -0.05) is 6.08 Å². The Kier molecular flexibility index (Phi) is 9.38. The zero-order valence-electron chi connectivity index (χ0n) is 23.0. The van der Waals surface area contributed by atoms with Crippen molar-refractivity contribution in [1.82, 2.24) is 19.9 Å². The van der Waals surface area contributed by atoms with E-state index in [0.717, 1.165) is 25.0 Å². The van der Waals surface area contributed by atoms with Crippen LogP contribution in [0.2, 0.25) is 0 Å². The second-order valence-electron chi connectivity index (χ2n) is 9.86. The third-order valence-corrected chi connectivity index (χ3v) is 5.78. The van der Waals surface area contributed by atoms with E-state index >= 15 is 0 Å². The van der Waals surface area contributed by atoms with Gasteiger partial charge in [0.2, 0.25) is 0 Å². The Balaban J connectivity index is 1.90. The molecule has 3 heterocycles. The minimum absolute atomic E-state index is 0.0677. The van der Waals surface area contributed by atoms with E-state index in [4.69, 9.17) is 14.5 Å². The fourth-order valence-corrected chi connectivity index (χ4v) is 4.22. The lowest BCUT2D eigenvalue weighted by molar-refractivity contribution is 0.0511. The van der Waals surface area contributed by atoms with Crippen molar-refractivity contribution in [3.8, 4) is 0 Å². The molecule has 0 aromatic carbocycles. The number of fused-ring (bicyclic) bond motifs is 1. The molecule has 0 saturated carbocycles. The first-order valence-electron chi connectivity index (χ1n) is 12.7. The zero-order chi connectivity index (χ0) is 27.9. The van der Waals surface area contributed by atoms with Gasteiger partial charge in [-0.05, 0) is 66.3 Å². The lowest BCUT2D eigenvalue weighted by Crippen LogP contribution is -2.36. The first kappa shape index (κ1) is 28.5. The summed E-state index contributed by atoms with van der Waals surface area (Å²) in [5.41, 5.74) is 1.69. The number of hydrogen-bond donors (Lipinski definition) is 1. The van der Waals surface area contributed by atoms with E-state index in [0.29, 0.717) is 22.7 Å². The average molecular weight is 524 g/mol. The quantitative estimate of drug-likeness (QED) is 0.299. The normalized spacial score (nSPS) is 17.6. The Bertz CT molecular complexity index is 1260. The molecule has 2 aromatic rings. The van der Waals surface area contributed by atoms with Crippen LogP contribution >= 0.6 is 0 Å². The van der Waals surface area contributed by atoms with Crippen LogP contribution in [-0.2, 0) is 9.47 Å². The number of carbonyl (C=O) groups is 2. The minimum atomic E-state index is -0.580. The summed E-state index contributed by atoms with van der Waals surface area (Å²) in [4.78, 5) is 40.0. The van der Waals surface area contributed by atoms with E-state index in [1.54, 1.807) is 30.9 Å². The third kappa shape index (κ3) is 7.05. The van der Waals surface area contributed by atoms with Crippen LogP contribution in [-0.4, -0.2) is 77.5 Å². The van der Waals surface area contributed by atoms with Gasteiger partial charge in [0.1, 0.15) is 17.0 Å². The second kappa shape index (κ2) is 12.5. The molecule has 2 atom stereocenters. The largest absolute Gasteiger partial charge is 0.462 e. The summed E-state index contributed by atoms with van der Waals surface area (Å²) >= 11 is 0. The molecule has 1 aliphatic heterocycles. The van der Waals surface area contributed by atoms with Crippen molar-refractivity contribution in [3.05, 3.63) is 47.4 Å². The number of aromatic nitrogens is 3. The van der Waals surface area contributed by atoms with Crippen molar-refractivity contribution in [1.29, 1.82) is 0 Å². The number of ether oxygens (including phenoxy) is 2. The maximum atomic E-state index is 12.4. The molecule has 11 heteroatoms. The van der Waals surface area contributed by atoms with Gasteiger partial charge in [0.25, 0.3) is 0 Å². The van der Waals surface area contributed by atoms with E-state index < -0.39 is 17.7 Å². The van der Waals surface area contributed by atoms with E-state index in [-0.39, 0.29) is 18.7 Å². The van der Waals surface area contributed by atoms with Crippen LogP contribution in [0.5, 0.6) is 0 Å². The molecule has 204 valence electrons. The standard InChI is InChI=1S/C27H37N7O4/c1-8-37-25(35)20-17-30-34-15-13-23(32-24(20)34)33-14-9-10-22(33)19(16-28-6)21(29-7)12-11-18(2)31-26(36)38-27(3,4)5/h11-13,15-18,22H,7-10,14H2,1-6H3,(H,31,36)/b12-11+,21-19+,28-16?/t18-,22?/m1/s1. The molecule has 0 bridgehead atoms. The number of anilines is 1. The van der Waals surface area contributed by atoms with Gasteiger partial charge >= 0.3 is 12.1 Å². The summed E-state index contributed by atoms with van der Waals surface area (Å²) in [5.74, 6) is 0.251. The Hall–Kier alpha value is -4.02. The molecule has 0 radical (unpaired) electrons. The van der Waals surface area contributed by atoms with Crippen LogP contribution in [0.3, 0.4) is 0 Å². The highest BCUT2D eigenvalue weighted by atomic mass is 16.6. The van der Waals surface area contributed by atoms with Gasteiger partial charge in [-0.3, -0.25) is 9.98 Å². The first-order valence-corrected chi connectivity index (χ1v) is 12.7. The van der Waals surface area contributed by atoms with Gasteiger partial charge in [-0.2, -0.15) is 5.10 Å². The minimum Gasteiger partial charge on any atom is -0.462 e. The summed E-state index contributed by atoms with van der Waals surface area (Å²) in [6, 6.07) is 1.51. The number of esters is 1. The van der Waals surface area contributed by atoms with E-state index in [2.05, 4.69) is 32.0 Å². The van der Waals surface area contributed by atoms with Crippen LogP contribution in [0.4, 0.5) is 10.6 Å².